The topological polar surface area (TPSA) is 43.4 Å². The van der Waals surface area contributed by atoms with Gasteiger partial charge >= 0.3 is 5.97 Å². The first kappa shape index (κ1) is 14.1. The summed E-state index contributed by atoms with van der Waals surface area (Å²) in [5.74, 6) is -0.324. The molecular formula is C12H22O3. The molecule has 0 aromatic rings. The third kappa shape index (κ3) is 4.96. The fraction of sp³-hybridized carbons (Fsp3) is 0.833. The van der Waals surface area contributed by atoms with Gasteiger partial charge in [-0.3, -0.25) is 4.79 Å². The van der Waals surface area contributed by atoms with Gasteiger partial charge in [0.25, 0.3) is 0 Å². The summed E-state index contributed by atoms with van der Waals surface area (Å²) < 4.78 is 5.25. The monoisotopic (exact) mass is 214 g/mol. The van der Waals surface area contributed by atoms with E-state index in [9.17, 15) is 9.59 Å². The van der Waals surface area contributed by atoms with E-state index in [0.29, 0.717) is 6.42 Å². The molecule has 0 bridgehead atoms. The predicted octanol–water partition coefficient (Wildman–Crippen LogP) is 2.58. The summed E-state index contributed by atoms with van der Waals surface area (Å²) in [6, 6.07) is 0. The number of aldehydes is 1. The summed E-state index contributed by atoms with van der Waals surface area (Å²) in [4.78, 5) is 22.3. The average molecular weight is 214 g/mol. The number of rotatable bonds is 6. The molecule has 2 atom stereocenters. The molecule has 15 heavy (non-hydrogen) atoms. The molecule has 0 saturated carbocycles. The molecular weight excluding hydrogens is 192 g/mol. The van der Waals surface area contributed by atoms with Crippen molar-refractivity contribution in [1.29, 1.82) is 0 Å². The number of esters is 1. The molecule has 0 fully saturated rings. The lowest BCUT2D eigenvalue weighted by molar-refractivity contribution is -0.159. The molecule has 3 heteroatoms. The van der Waals surface area contributed by atoms with E-state index in [2.05, 4.69) is 0 Å². The maximum Gasteiger partial charge on any atom is 0.311 e. The van der Waals surface area contributed by atoms with Gasteiger partial charge in [0.1, 0.15) is 6.29 Å². The van der Waals surface area contributed by atoms with Crippen molar-refractivity contribution in [3.63, 3.8) is 0 Å². The molecule has 0 aromatic carbocycles. The second-order valence-corrected chi connectivity index (χ2v) is 4.83. The van der Waals surface area contributed by atoms with Crippen molar-refractivity contribution in [2.75, 3.05) is 0 Å². The maximum absolute atomic E-state index is 11.7. The second-order valence-electron chi connectivity index (χ2n) is 4.83. The molecule has 0 aromatic heterocycles. The van der Waals surface area contributed by atoms with Crippen molar-refractivity contribution in [3.05, 3.63) is 0 Å². The smallest absolute Gasteiger partial charge is 0.311 e. The molecule has 0 rings (SSSR count). The first-order chi connectivity index (χ1) is 6.83. The van der Waals surface area contributed by atoms with Gasteiger partial charge in [-0.05, 0) is 33.6 Å². The standard InChI is InChI=1S/C12H22O3/c1-6-10(3)15-11(14)12(4,5)7-9(2)8-13/h8-10H,6-7H2,1-5H3. The molecule has 2 unspecified atom stereocenters. The Hall–Kier alpha value is -0.860. The van der Waals surface area contributed by atoms with Crippen LogP contribution in [-0.4, -0.2) is 18.4 Å². The summed E-state index contributed by atoms with van der Waals surface area (Å²) in [6.07, 6.45) is 2.16. The Labute approximate surface area is 92.2 Å². The Morgan fingerprint density at radius 2 is 1.93 bits per heavy atom. The Morgan fingerprint density at radius 1 is 1.40 bits per heavy atom. The lowest BCUT2D eigenvalue weighted by Gasteiger charge is -2.25. The molecule has 0 aliphatic rings. The van der Waals surface area contributed by atoms with E-state index in [1.807, 2.05) is 34.6 Å². The van der Waals surface area contributed by atoms with Gasteiger partial charge in [-0.15, -0.1) is 0 Å². The molecule has 0 aliphatic carbocycles. The normalized spacial score (nSPS) is 15.5. The third-order valence-corrected chi connectivity index (χ3v) is 2.50. The van der Waals surface area contributed by atoms with Crippen LogP contribution in [0.15, 0.2) is 0 Å². The summed E-state index contributed by atoms with van der Waals surface area (Å²) >= 11 is 0. The SMILES string of the molecule is CCC(C)OC(=O)C(C)(C)CC(C)C=O. The Balaban J connectivity index is 4.31. The van der Waals surface area contributed by atoms with Gasteiger partial charge in [0.05, 0.1) is 11.5 Å². The van der Waals surface area contributed by atoms with Gasteiger partial charge in [0.15, 0.2) is 0 Å². The largest absolute Gasteiger partial charge is 0.462 e. The van der Waals surface area contributed by atoms with E-state index in [1.54, 1.807) is 0 Å². The Morgan fingerprint density at radius 3 is 2.33 bits per heavy atom. The van der Waals surface area contributed by atoms with Gasteiger partial charge in [0, 0.05) is 5.92 Å². The molecule has 0 aliphatic heterocycles. The summed E-state index contributed by atoms with van der Waals surface area (Å²) in [7, 11) is 0. The van der Waals surface area contributed by atoms with Crippen LogP contribution in [-0.2, 0) is 14.3 Å². The molecule has 0 spiro atoms. The van der Waals surface area contributed by atoms with Crippen LogP contribution in [0.25, 0.3) is 0 Å². The van der Waals surface area contributed by atoms with Crippen molar-refractivity contribution in [3.8, 4) is 0 Å². The molecule has 0 heterocycles. The van der Waals surface area contributed by atoms with Crippen LogP contribution in [0, 0.1) is 11.3 Å². The van der Waals surface area contributed by atoms with E-state index in [-0.39, 0.29) is 18.0 Å². The minimum atomic E-state index is -0.580. The quantitative estimate of drug-likeness (QED) is 0.504. The Kier molecular flexibility index (Phi) is 5.55. The first-order valence-electron chi connectivity index (χ1n) is 5.49. The third-order valence-electron chi connectivity index (χ3n) is 2.50. The zero-order valence-electron chi connectivity index (χ0n) is 10.4. The van der Waals surface area contributed by atoms with Gasteiger partial charge in [0.2, 0.25) is 0 Å². The van der Waals surface area contributed by atoms with Crippen LogP contribution < -0.4 is 0 Å². The molecule has 0 radical (unpaired) electrons. The van der Waals surface area contributed by atoms with Gasteiger partial charge < -0.3 is 9.53 Å². The number of hydrogen-bond acceptors (Lipinski definition) is 3. The summed E-state index contributed by atoms with van der Waals surface area (Å²) in [6.45, 7) is 9.29. The van der Waals surface area contributed by atoms with E-state index < -0.39 is 5.41 Å². The van der Waals surface area contributed by atoms with E-state index >= 15 is 0 Å². The highest BCUT2D eigenvalue weighted by atomic mass is 16.5. The fourth-order valence-electron chi connectivity index (χ4n) is 1.36. The molecule has 0 saturated heterocycles. The van der Waals surface area contributed by atoms with Crippen molar-refractivity contribution in [2.45, 2.75) is 53.6 Å². The van der Waals surface area contributed by atoms with Crippen LogP contribution in [0.3, 0.4) is 0 Å². The first-order valence-corrected chi connectivity index (χ1v) is 5.49. The zero-order valence-corrected chi connectivity index (χ0v) is 10.4. The fourth-order valence-corrected chi connectivity index (χ4v) is 1.36. The lowest BCUT2D eigenvalue weighted by atomic mass is 9.84. The lowest BCUT2D eigenvalue weighted by Crippen LogP contribution is -2.31. The minimum Gasteiger partial charge on any atom is -0.462 e. The molecule has 0 amide bonds. The molecule has 0 N–H and O–H groups in total. The van der Waals surface area contributed by atoms with Gasteiger partial charge in [-0.2, -0.15) is 0 Å². The highest BCUT2D eigenvalue weighted by Crippen LogP contribution is 2.27. The Bertz CT molecular complexity index is 221. The predicted molar refractivity (Wildman–Crippen MR) is 59.5 cm³/mol. The van der Waals surface area contributed by atoms with Crippen molar-refractivity contribution in [1.82, 2.24) is 0 Å². The summed E-state index contributed by atoms with van der Waals surface area (Å²) in [5, 5.41) is 0. The van der Waals surface area contributed by atoms with Crippen LogP contribution in [0.5, 0.6) is 0 Å². The van der Waals surface area contributed by atoms with E-state index in [4.69, 9.17) is 4.74 Å². The van der Waals surface area contributed by atoms with Crippen LogP contribution in [0.1, 0.15) is 47.5 Å². The number of ether oxygens (including phenoxy) is 1. The summed E-state index contributed by atoms with van der Waals surface area (Å²) in [5.41, 5.74) is -0.580. The van der Waals surface area contributed by atoms with E-state index in [0.717, 1.165) is 12.7 Å². The number of carbonyl (C=O) groups is 2. The van der Waals surface area contributed by atoms with Crippen LogP contribution >= 0.6 is 0 Å². The van der Waals surface area contributed by atoms with Crippen molar-refractivity contribution < 1.29 is 14.3 Å². The molecule has 88 valence electrons. The van der Waals surface area contributed by atoms with E-state index in [1.165, 1.54) is 0 Å². The van der Waals surface area contributed by atoms with Crippen molar-refractivity contribution in [2.24, 2.45) is 11.3 Å². The zero-order chi connectivity index (χ0) is 12.1. The second kappa shape index (κ2) is 5.89. The van der Waals surface area contributed by atoms with Gasteiger partial charge in [-0.1, -0.05) is 13.8 Å². The number of hydrogen-bond donors (Lipinski definition) is 0. The highest BCUT2D eigenvalue weighted by molar-refractivity contribution is 5.76. The highest BCUT2D eigenvalue weighted by Gasteiger charge is 2.31. The van der Waals surface area contributed by atoms with Gasteiger partial charge in [-0.25, -0.2) is 0 Å². The number of carbonyl (C=O) groups excluding carboxylic acids is 2. The minimum absolute atomic E-state index is 0.0525. The maximum atomic E-state index is 11.7. The van der Waals surface area contributed by atoms with Crippen LogP contribution in [0.2, 0.25) is 0 Å². The average Bonchev–Trinajstić information content (AvgIpc) is 2.16. The molecule has 3 nitrogen and oxygen atoms in total. The van der Waals surface area contributed by atoms with Crippen LogP contribution in [0.4, 0.5) is 0 Å². The van der Waals surface area contributed by atoms with Crippen molar-refractivity contribution >= 4 is 12.3 Å².